The Balaban J connectivity index is 2.27. The molecule has 0 spiro atoms. The van der Waals surface area contributed by atoms with E-state index in [1.165, 1.54) is 0 Å². The van der Waals surface area contributed by atoms with Gasteiger partial charge in [0.1, 0.15) is 12.3 Å². The highest BCUT2D eigenvalue weighted by Crippen LogP contribution is 2.34. The van der Waals surface area contributed by atoms with E-state index in [0.717, 1.165) is 4.90 Å². The van der Waals surface area contributed by atoms with Crippen molar-refractivity contribution in [1.29, 1.82) is 0 Å². The topological polar surface area (TPSA) is 26.3 Å². The first-order chi connectivity index (χ1) is 10.5. The molecule has 1 aliphatic rings. The van der Waals surface area contributed by atoms with Crippen molar-refractivity contribution in [3.05, 3.63) is 35.9 Å². The van der Waals surface area contributed by atoms with E-state index in [2.05, 4.69) is 0 Å². The molecule has 0 amide bonds. The Kier molecular flexibility index (Phi) is 6.00. The summed E-state index contributed by atoms with van der Waals surface area (Å²) in [5.41, 5.74) is 1.11. The first-order valence-corrected chi connectivity index (χ1v) is 8.59. The Bertz CT molecular complexity index is 532. The monoisotopic (exact) mass is 326 g/mol. The number of carbonyl (C=O) groups is 1. The number of hydrogen-bond acceptors (Lipinski definition) is 3. The molecule has 0 aromatic heterocycles. The minimum Gasteiger partial charge on any atom is -0.462 e. The Morgan fingerprint density at radius 2 is 1.86 bits per heavy atom. The lowest BCUT2D eigenvalue weighted by Crippen LogP contribution is -2.08. The molecule has 1 aromatic carbocycles. The highest BCUT2D eigenvalue weighted by Gasteiger charge is 2.34. The molecule has 1 aromatic rings. The van der Waals surface area contributed by atoms with Crippen LogP contribution < -0.4 is 0 Å². The molecule has 120 valence electrons. The van der Waals surface area contributed by atoms with E-state index in [-0.39, 0.29) is 25.4 Å². The van der Waals surface area contributed by atoms with Crippen molar-refractivity contribution in [1.82, 2.24) is 0 Å². The summed E-state index contributed by atoms with van der Waals surface area (Å²) >= 11 is 1.61. The van der Waals surface area contributed by atoms with Gasteiger partial charge in [-0.05, 0) is 49.6 Å². The number of ether oxygens (including phenoxy) is 1. The molecular formula is C17H20F2O2S. The van der Waals surface area contributed by atoms with E-state index in [9.17, 15) is 13.6 Å². The summed E-state index contributed by atoms with van der Waals surface area (Å²) in [5, 5.41) is 0. The summed E-state index contributed by atoms with van der Waals surface area (Å²) < 4.78 is 31.8. The fraction of sp³-hybridized carbons (Fsp3) is 0.471. The van der Waals surface area contributed by atoms with Crippen molar-refractivity contribution in [3.8, 4) is 0 Å². The van der Waals surface area contributed by atoms with Gasteiger partial charge >= 0.3 is 5.97 Å². The highest BCUT2D eigenvalue weighted by atomic mass is 32.2. The summed E-state index contributed by atoms with van der Waals surface area (Å²) in [5.74, 6) is -0.721. The first-order valence-electron chi connectivity index (χ1n) is 7.36. The van der Waals surface area contributed by atoms with Gasteiger partial charge in [-0.1, -0.05) is 18.2 Å². The lowest BCUT2D eigenvalue weighted by molar-refractivity contribution is -0.136. The molecular weight excluding hydrogens is 306 g/mol. The van der Waals surface area contributed by atoms with Crippen molar-refractivity contribution in [2.24, 2.45) is 5.92 Å². The quantitative estimate of drug-likeness (QED) is 0.454. The fourth-order valence-corrected chi connectivity index (χ4v) is 3.01. The lowest BCUT2D eigenvalue weighted by atomic mass is 9.98. The summed E-state index contributed by atoms with van der Waals surface area (Å²) in [7, 11) is 0. The number of esters is 1. The lowest BCUT2D eigenvalue weighted by Gasteiger charge is -2.11. The van der Waals surface area contributed by atoms with Crippen molar-refractivity contribution in [2.75, 3.05) is 12.9 Å². The van der Waals surface area contributed by atoms with Crippen LogP contribution in [0.4, 0.5) is 8.78 Å². The predicted molar refractivity (Wildman–Crippen MR) is 85.3 cm³/mol. The van der Waals surface area contributed by atoms with E-state index in [1.54, 1.807) is 24.8 Å². The molecule has 1 fully saturated rings. The van der Waals surface area contributed by atoms with Crippen molar-refractivity contribution in [2.45, 2.75) is 37.0 Å². The Morgan fingerprint density at radius 3 is 2.36 bits per heavy atom. The molecule has 2 nitrogen and oxygen atoms in total. The highest BCUT2D eigenvalue weighted by molar-refractivity contribution is 7.98. The molecule has 5 heteroatoms. The summed E-state index contributed by atoms with van der Waals surface area (Å²) in [6, 6.07) is 7.50. The van der Waals surface area contributed by atoms with Crippen LogP contribution in [-0.2, 0) is 9.53 Å². The van der Waals surface area contributed by atoms with Crippen LogP contribution in [0, 0.1) is 5.92 Å². The number of benzene rings is 1. The van der Waals surface area contributed by atoms with Gasteiger partial charge in [-0.3, -0.25) is 0 Å². The Hall–Kier alpha value is -1.36. The third kappa shape index (κ3) is 4.09. The Labute approximate surface area is 133 Å². The molecule has 1 saturated carbocycles. The zero-order chi connectivity index (χ0) is 16.1. The van der Waals surface area contributed by atoms with Crippen LogP contribution in [0.3, 0.4) is 0 Å². The average molecular weight is 326 g/mol. The number of hydrogen-bond donors (Lipinski definition) is 0. The van der Waals surface area contributed by atoms with E-state index < -0.39 is 18.3 Å². The van der Waals surface area contributed by atoms with Crippen LogP contribution in [0.2, 0.25) is 0 Å². The second kappa shape index (κ2) is 7.77. The van der Waals surface area contributed by atoms with Crippen LogP contribution in [0.5, 0.6) is 0 Å². The van der Waals surface area contributed by atoms with Crippen LogP contribution in [0.15, 0.2) is 35.2 Å². The third-order valence-corrected chi connectivity index (χ3v) is 4.49. The molecule has 1 aliphatic carbocycles. The molecule has 22 heavy (non-hydrogen) atoms. The van der Waals surface area contributed by atoms with E-state index >= 15 is 0 Å². The minimum absolute atomic E-state index is 0.118. The van der Waals surface area contributed by atoms with Gasteiger partial charge in [0.05, 0.1) is 12.2 Å². The molecule has 0 radical (unpaired) electrons. The Morgan fingerprint density at radius 1 is 1.27 bits per heavy atom. The van der Waals surface area contributed by atoms with Crippen LogP contribution in [0.1, 0.15) is 25.3 Å². The van der Waals surface area contributed by atoms with Crippen LogP contribution >= 0.6 is 11.8 Å². The number of halogens is 2. The van der Waals surface area contributed by atoms with Gasteiger partial charge in [0.25, 0.3) is 0 Å². The SMILES string of the molecule is CCOC(=O)C(=C[C@H]1C[C@@H](F)[C@@H](F)C1)c1ccc(SC)cc1. The van der Waals surface area contributed by atoms with E-state index in [4.69, 9.17) is 4.74 Å². The summed E-state index contributed by atoms with van der Waals surface area (Å²) in [6.45, 7) is 2.00. The minimum atomic E-state index is -1.44. The van der Waals surface area contributed by atoms with Gasteiger partial charge in [-0.2, -0.15) is 0 Å². The number of alkyl halides is 2. The number of thioether (sulfide) groups is 1. The molecule has 2 rings (SSSR count). The summed E-state index contributed by atoms with van der Waals surface area (Å²) in [6.07, 6.45) is 0.989. The second-order valence-electron chi connectivity index (χ2n) is 5.29. The molecule has 0 N–H and O–H groups in total. The molecule has 0 aliphatic heterocycles. The van der Waals surface area contributed by atoms with E-state index in [0.29, 0.717) is 11.1 Å². The van der Waals surface area contributed by atoms with Crippen LogP contribution in [-0.4, -0.2) is 31.2 Å². The molecule has 3 atom stereocenters. The standard InChI is InChI=1S/C17H20F2O2S/c1-3-21-17(20)14(8-11-9-15(18)16(19)10-11)12-4-6-13(22-2)7-5-12/h4-8,11,15-16H,3,9-10H2,1-2H3/t11-,15+,16-. The second-order valence-corrected chi connectivity index (χ2v) is 6.17. The number of allylic oxidation sites excluding steroid dienone is 1. The van der Waals surface area contributed by atoms with Gasteiger partial charge < -0.3 is 4.74 Å². The van der Waals surface area contributed by atoms with Gasteiger partial charge in [0.2, 0.25) is 0 Å². The van der Waals surface area contributed by atoms with Crippen molar-refractivity contribution in [3.63, 3.8) is 0 Å². The molecule has 0 bridgehead atoms. The third-order valence-electron chi connectivity index (χ3n) is 3.75. The molecule has 0 heterocycles. The first kappa shape index (κ1) is 17.0. The van der Waals surface area contributed by atoms with Crippen LogP contribution in [0.25, 0.3) is 5.57 Å². The van der Waals surface area contributed by atoms with Gasteiger partial charge in [0, 0.05) is 4.90 Å². The van der Waals surface area contributed by atoms with Crippen molar-refractivity contribution >= 4 is 23.3 Å². The van der Waals surface area contributed by atoms with Crippen molar-refractivity contribution < 1.29 is 18.3 Å². The number of carbonyl (C=O) groups excluding carboxylic acids is 1. The zero-order valence-electron chi connectivity index (χ0n) is 12.7. The average Bonchev–Trinajstić information content (AvgIpc) is 2.83. The maximum atomic E-state index is 13.3. The molecule has 0 unspecified atom stereocenters. The number of rotatable bonds is 5. The van der Waals surface area contributed by atoms with E-state index in [1.807, 2.05) is 30.5 Å². The fourth-order valence-electron chi connectivity index (χ4n) is 2.60. The maximum Gasteiger partial charge on any atom is 0.338 e. The smallest absolute Gasteiger partial charge is 0.338 e. The summed E-state index contributed by atoms with van der Waals surface area (Å²) in [4.78, 5) is 13.2. The normalized spacial score (nSPS) is 25.3. The van der Waals surface area contributed by atoms with Gasteiger partial charge in [-0.15, -0.1) is 11.8 Å². The van der Waals surface area contributed by atoms with Gasteiger partial charge in [-0.25, -0.2) is 13.6 Å². The zero-order valence-corrected chi connectivity index (χ0v) is 13.5. The maximum absolute atomic E-state index is 13.3. The largest absolute Gasteiger partial charge is 0.462 e. The predicted octanol–water partition coefficient (Wildman–Crippen LogP) is 4.44. The molecule has 0 saturated heterocycles. The van der Waals surface area contributed by atoms with Gasteiger partial charge in [0.15, 0.2) is 0 Å².